The van der Waals surface area contributed by atoms with Crippen LogP contribution in [0.15, 0.2) is 42.5 Å². The van der Waals surface area contributed by atoms with Crippen LogP contribution >= 0.6 is 11.6 Å². The molecule has 1 heterocycles. The van der Waals surface area contributed by atoms with Crippen LogP contribution in [-0.4, -0.2) is 65.2 Å². The number of hydrogen-bond acceptors (Lipinski definition) is 5. The van der Waals surface area contributed by atoms with Gasteiger partial charge in [-0.1, -0.05) is 23.7 Å². The van der Waals surface area contributed by atoms with Crippen molar-refractivity contribution >= 4 is 23.5 Å². The van der Waals surface area contributed by atoms with Gasteiger partial charge < -0.3 is 19.5 Å². The van der Waals surface area contributed by atoms with E-state index in [0.717, 1.165) is 5.56 Å². The predicted molar refractivity (Wildman–Crippen MR) is 122 cm³/mol. The first-order valence-electron chi connectivity index (χ1n) is 10.7. The van der Waals surface area contributed by atoms with Crippen LogP contribution in [0.1, 0.15) is 25.0 Å². The Balaban J connectivity index is 1.53. The van der Waals surface area contributed by atoms with Crippen LogP contribution in [0.4, 0.5) is 4.39 Å². The smallest absolute Gasteiger partial charge is 0.332 e. The molecule has 2 aromatic carbocycles. The number of benzene rings is 2. The van der Waals surface area contributed by atoms with E-state index in [9.17, 15) is 14.0 Å². The molecule has 0 radical (unpaired) electrons. The fraction of sp³-hybridized carbons (Fsp3) is 0.417. The molecule has 0 aromatic heterocycles. The highest BCUT2D eigenvalue weighted by molar-refractivity contribution is 6.30. The number of piperazine rings is 1. The summed E-state index contributed by atoms with van der Waals surface area (Å²) in [5.41, 5.74) is 1.60. The third-order valence-corrected chi connectivity index (χ3v) is 5.80. The van der Waals surface area contributed by atoms with E-state index < -0.39 is 12.1 Å². The standard InChI is InChI=1S/C24H28ClFN2O5/c1-16-12-27(13-18-3-6-21(26)7-4-18)9-10-28(16)23(29)15-33-22-8-5-20(25)11-19(22)14-32-17(2)24(30)31/h3-8,11,16-17H,9-10,12-15H2,1-2H3,(H,30,31)/t16-,17+/m1/s1. The Kier molecular flexibility index (Phi) is 8.66. The Bertz CT molecular complexity index is 972. The molecular formula is C24H28ClFN2O5. The molecule has 0 unspecified atom stereocenters. The summed E-state index contributed by atoms with van der Waals surface area (Å²) in [6.45, 7) is 5.96. The molecule has 33 heavy (non-hydrogen) atoms. The van der Waals surface area contributed by atoms with Crippen LogP contribution in [0.25, 0.3) is 0 Å². The highest BCUT2D eigenvalue weighted by atomic mass is 35.5. The van der Waals surface area contributed by atoms with Gasteiger partial charge in [-0.3, -0.25) is 9.69 Å². The largest absolute Gasteiger partial charge is 0.483 e. The molecule has 0 spiro atoms. The summed E-state index contributed by atoms with van der Waals surface area (Å²) in [4.78, 5) is 27.8. The lowest BCUT2D eigenvalue weighted by Gasteiger charge is -2.39. The van der Waals surface area contributed by atoms with E-state index in [1.165, 1.54) is 19.1 Å². The molecule has 2 atom stereocenters. The fourth-order valence-electron chi connectivity index (χ4n) is 3.71. The summed E-state index contributed by atoms with van der Waals surface area (Å²) < 4.78 is 24.2. The molecule has 7 nitrogen and oxygen atoms in total. The van der Waals surface area contributed by atoms with Crippen molar-refractivity contribution in [3.05, 3.63) is 64.4 Å². The zero-order chi connectivity index (χ0) is 24.0. The van der Waals surface area contributed by atoms with Gasteiger partial charge in [-0.05, 0) is 49.7 Å². The van der Waals surface area contributed by atoms with Crippen molar-refractivity contribution in [1.29, 1.82) is 0 Å². The van der Waals surface area contributed by atoms with Crippen molar-refractivity contribution in [2.24, 2.45) is 0 Å². The first kappa shape index (κ1) is 25.0. The third kappa shape index (κ3) is 7.15. The van der Waals surface area contributed by atoms with Crippen molar-refractivity contribution < 1.29 is 28.6 Å². The minimum Gasteiger partial charge on any atom is -0.483 e. The van der Waals surface area contributed by atoms with Crippen molar-refractivity contribution in [2.75, 3.05) is 26.2 Å². The normalized spacial score (nSPS) is 17.6. The van der Waals surface area contributed by atoms with Gasteiger partial charge in [0.2, 0.25) is 0 Å². The second-order valence-electron chi connectivity index (χ2n) is 8.13. The monoisotopic (exact) mass is 478 g/mol. The molecule has 1 fully saturated rings. The molecule has 0 saturated carbocycles. The number of aliphatic carboxylic acids is 1. The van der Waals surface area contributed by atoms with E-state index in [1.807, 2.05) is 6.92 Å². The Labute approximate surface area is 197 Å². The fourth-order valence-corrected chi connectivity index (χ4v) is 3.90. The Morgan fingerprint density at radius 3 is 2.61 bits per heavy atom. The topological polar surface area (TPSA) is 79.3 Å². The molecular weight excluding hydrogens is 451 g/mol. The molecule has 9 heteroatoms. The van der Waals surface area contributed by atoms with E-state index in [-0.39, 0.29) is 31.0 Å². The average molecular weight is 479 g/mol. The lowest BCUT2D eigenvalue weighted by Crippen LogP contribution is -2.54. The number of ether oxygens (including phenoxy) is 2. The second kappa shape index (κ2) is 11.4. The van der Waals surface area contributed by atoms with Gasteiger partial charge in [0.25, 0.3) is 5.91 Å². The van der Waals surface area contributed by atoms with Gasteiger partial charge in [-0.15, -0.1) is 0 Å². The molecule has 1 amide bonds. The van der Waals surface area contributed by atoms with Crippen LogP contribution < -0.4 is 4.74 Å². The maximum absolute atomic E-state index is 13.1. The minimum absolute atomic E-state index is 0.000244. The van der Waals surface area contributed by atoms with Crippen LogP contribution in [0, 0.1) is 5.82 Å². The maximum atomic E-state index is 13.1. The van der Waals surface area contributed by atoms with E-state index in [1.54, 1.807) is 35.2 Å². The molecule has 2 aromatic rings. The summed E-state index contributed by atoms with van der Waals surface area (Å²) in [5, 5.41) is 9.45. The quantitative estimate of drug-likeness (QED) is 0.593. The van der Waals surface area contributed by atoms with Gasteiger partial charge in [0.1, 0.15) is 11.6 Å². The zero-order valence-corrected chi connectivity index (χ0v) is 19.4. The summed E-state index contributed by atoms with van der Waals surface area (Å²) in [7, 11) is 0. The summed E-state index contributed by atoms with van der Waals surface area (Å²) in [6.07, 6.45) is -0.981. The van der Waals surface area contributed by atoms with Crippen molar-refractivity contribution in [2.45, 2.75) is 39.1 Å². The lowest BCUT2D eigenvalue weighted by atomic mass is 10.1. The number of carbonyl (C=O) groups is 2. The van der Waals surface area contributed by atoms with Crippen LogP contribution in [-0.2, 0) is 27.5 Å². The number of carbonyl (C=O) groups excluding carboxylic acids is 1. The van der Waals surface area contributed by atoms with E-state index in [0.29, 0.717) is 42.5 Å². The Morgan fingerprint density at radius 2 is 1.94 bits per heavy atom. The zero-order valence-electron chi connectivity index (χ0n) is 18.7. The lowest BCUT2D eigenvalue weighted by molar-refractivity contribution is -0.149. The SMILES string of the molecule is C[C@H](OCc1cc(Cl)ccc1OCC(=O)N1CCN(Cc2ccc(F)cc2)C[C@H]1C)C(=O)O. The molecule has 3 rings (SSSR count). The predicted octanol–water partition coefficient (Wildman–Crippen LogP) is 3.58. The van der Waals surface area contributed by atoms with Gasteiger partial charge in [0, 0.05) is 42.8 Å². The van der Waals surface area contributed by atoms with E-state index >= 15 is 0 Å². The molecule has 1 N–H and O–H groups in total. The highest BCUT2D eigenvalue weighted by Crippen LogP contribution is 2.24. The number of halogens is 2. The van der Waals surface area contributed by atoms with Crippen LogP contribution in [0.2, 0.25) is 5.02 Å². The van der Waals surface area contributed by atoms with Crippen LogP contribution in [0.3, 0.4) is 0 Å². The highest BCUT2D eigenvalue weighted by Gasteiger charge is 2.27. The number of hydrogen-bond donors (Lipinski definition) is 1. The van der Waals surface area contributed by atoms with Gasteiger partial charge >= 0.3 is 5.97 Å². The molecule has 178 valence electrons. The van der Waals surface area contributed by atoms with Gasteiger partial charge in [0.15, 0.2) is 12.7 Å². The van der Waals surface area contributed by atoms with Gasteiger partial charge in [0.05, 0.1) is 6.61 Å². The van der Waals surface area contributed by atoms with E-state index in [4.69, 9.17) is 26.2 Å². The number of rotatable bonds is 9. The molecule has 0 bridgehead atoms. The first-order valence-corrected chi connectivity index (χ1v) is 11.1. The number of carboxylic acids is 1. The first-order chi connectivity index (χ1) is 15.7. The second-order valence-corrected chi connectivity index (χ2v) is 8.57. The number of amides is 1. The van der Waals surface area contributed by atoms with E-state index in [2.05, 4.69) is 4.90 Å². The molecule has 1 aliphatic rings. The summed E-state index contributed by atoms with van der Waals surface area (Å²) in [6, 6.07) is 11.4. The Morgan fingerprint density at radius 1 is 1.21 bits per heavy atom. The van der Waals surface area contributed by atoms with Crippen molar-refractivity contribution in [1.82, 2.24) is 9.80 Å². The van der Waals surface area contributed by atoms with Crippen molar-refractivity contribution in [3.8, 4) is 5.75 Å². The summed E-state index contributed by atoms with van der Waals surface area (Å²) >= 11 is 6.05. The minimum atomic E-state index is -1.07. The molecule has 1 aliphatic heterocycles. The summed E-state index contributed by atoms with van der Waals surface area (Å²) in [5.74, 6) is -1.03. The van der Waals surface area contributed by atoms with Gasteiger partial charge in [-0.2, -0.15) is 0 Å². The average Bonchev–Trinajstić information content (AvgIpc) is 2.78. The van der Waals surface area contributed by atoms with Gasteiger partial charge in [-0.25, -0.2) is 9.18 Å². The third-order valence-electron chi connectivity index (χ3n) is 5.56. The Hall–Kier alpha value is -2.68. The number of carboxylic acid groups (broad SMARTS) is 1. The van der Waals surface area contributed by atoms with Crippen LogP contribution in [0.5, 0.6) is 5.75 Å². The molecule has 1 saturated heterocycles. The number of nitrogens with zero attached hydrogens (tertiary/aromatic N) is 2. The van der Waals surface area contributed by atoms with Crippen molar-refractivity contribution in [3.63, 3.8) is 0 Å². The molecule has 0 aliphatic carbocycles. The maximum Gasteiger partial charge on any atom is 0.332 e.